The molecule has 19 heavy (non-hydrogen) atoms. The predicted octanol–water partition coefficient (Wildman–Crippen LogP) is 3.25. The molecule has 1 aliphatic heterocycles. The van der Waals surface area contributed by atoms with E-state index in [1.165, 1.54) is 56.9 Å². The normalized spacial score (nSPS) is 18.3. The van der Waals surface area contributed by atoms with E-state index in [0.29, 0.717) is 0 Å². The van der Waals surface area contributed by atoms with Gasteiger partial charge in [0.05, 0.1) is 0 Å². The monoisotopic (exact) mass is 280 g/mol. The van der Waals surface area contributed by atoms with Gasteiger partial charge in [0.2, 0.25) is 0 Å². The van der Waals surface area contributed by atoms with Crippen molar-refractivity contribution in [2.75, 3.05) is 32.7 Å². The highest BCUT2D eigenvalue weighted by molar-refractivity contribution is 7.09. The van der Waals surface area contributed by atoms with Gasteiger partial charge in [0.15, 0.2) is 0 Å². The van der Waals surface area contributed by atoms with E-state index < -0.39 is 0 Å². The molecule has 3 heteroatoms. The molecule has 0 spiro atoms. The van der Waals surface area contributed by atoms with Gasteiger partial charge >= 0.3 is 0 Å². The highest BCUT2D eigenvalue weighted by atomic mass is 32.1. The quantitative estimate of drug-likeness (QED) is 0.825. The van der Waals surface area contributed by atoms with Gasteiger partial charge < -0.3 is 10.2 Å². The Morgan fingerprint density at radius 1 is 1.37 bits per heavy atom. The van der Waals surface area contributed by atoms with Crippen LogP contribution in [-0.4, -0.2) is 37.6 Å². The van der Waals surface area contributed by atoms with Crippen LogP contribution in [0.2, 0.25) is 0 Å². The van der Waals surface area contributed by atoms with Crippen molar-refractivity contribution in [1.29, 1.82) is 0 Å². The summed E-state index contributed by atoms with van der Waals surface area (Å²) in [4.78, 5) is 4.17. The van der Waals surface area contributed by atoms with Crippen LogP contribution in [0.5, 0.6) is 0 Å². The van der Waals surface area contributed by atoms with Crippen molar-refractivity contribution < 1.29 is 0 Å². The first kappa shape index (κ1) is 15.0. The second-order valence-electron chi connectivity index (χ2n) is 6.17. The molecule has 0 unspecified atom stereocenters. The van der Waals surface area contributed by atoms with Crippen molar-refractivity contribution in [2.24, 2.45) is 11.8 Å². The van der Waals surface area contributed by atoms with Crippen molar-refractivity contribution in [3.63, 3.8) is 0 Å². The number of hydrogen-bond donors (Lipinski definition) is 1. The molecule has 2 heterocycles. The second kappa shape index (κ2) is 8.03. The van der Waals surface area contributed by atoms with Crippen LogP contribution >= 0.6 is 11.3 Å². The Bertz CT molecular complexity index is 327. The van der Waals surface area contributed by atoms with Crippen LogP contribution in [0.3, 0.4) is 0 Å². The van der Waals surface area contributed by atoms with E-state index in [9.17, 15) is 0 Å². The Morgan fingerprint density at radius 3 is 2.79 bits per heavy atom. The summed E-state index contributed by atoms with van der Waals surface area (Å²) < 4.78 is 0. The third-order valence-corrected chi connectivity index (χ3v) is 4.88. The van der Waals surface area contributed by atoms with Crippen molar-refractivity contribution in [1.82, 2.24) is 10.2 Å². The topological polar surface area (TPSA) is 15.3 Å². The molecule has 0 atom stereocenters. The summed E-state index contributed by atoms with van der Waals surface area (Å²) in [5.74, 6) is 1.67. The molecule has 0 bridgehead atoms. The molecule has 1 fully saturated rings. The van der Waals surface area contributed by atoms with Crippen LogP contribution in [0.15, 0.2) is 17.5 Å². The number of nitrogens with zero attached hydrogens (tertiary/aromatic N) is 1. The SMILES string of the molecule is CC(C)CNCC1CCN(CCc2cccs2)CC1. The zero-order chi connectivity index (χ0) is 13.5. The summed E-state index contributed by atoms with van der Waals surface area (Å²) in [5, 5.41) is 5.79. The van der Waals surface area contributed by atoms with E-state index in [4.69, 9.17) is 0 Å². The summed E-state index contributed by atoms with van der Waals surface area (Å²) in [6, 6.07) is 4.42. The maximum absolute atomic E-state index is 3.61. The molecule has 2 nitrogen and oxygen atoms in total. The van der Waals surface area contributed by atoms with Gasteiger partial charge in [0.1, 0.15) is 0 Å². The van der Waals surface area contributed by atoms with Crippen molar-refractivity contribution >= 4 is 11.3 Å². The lowest BCUT2D eigenvalue weighted by atomic mass is 9.96. The van der Waals surface area contributed by atoms with Crippen LogP contribution in [-0.2, 0) is 6.42 Å². The van der Waals surface area contributed by atoms with E-state index >= 15 is 0 Å². The van der Waals surface area contributed by atoms with Gasteiger partial charge in [-0.25, -0.2) is 0 Å². The average Bonchev–Trinajstić information content (AvgIpc) is 2.90. The maximum Gasteiger partial charge on any atom is 0.00579 e. The van der Waals surface area contributed by atoms with Gasteiger partial charge in [-0.1, -0.05) is 19.9 Å². The fraction of sp³-hybridized carbons (Fsp3) is 0.750. The van der Waals surface area contributed by atoms with Gasteiger partial charge in [-0.05, 0) is 68.7 Å². The van der Waals surface area contributed by atoms with Crippen LogP contribution in [0.1, 0.15) is 31.6 Å². The predicted molar refractivity (Wildman–Crippen MR) is 84.9 cm³/mol. The average molecular weight is 280 g/mol. The lowest BCUT2D eigenvalue weighted by molar-refractivity contribution is 0.184. The summed E-state index contributed by atoms with van der Waals surface area (Å²) in [7, 11) is 0. The zero-order valence-electron chi connectivity index (χ0n) is 12.4. The molecular weight excluding hydrogens is 252 g/mol. The lowest BCUT2D eigenvalue weighted by Crippen LogP contribution is -2.38. The first-order valence-corrected chi connectivity index (χ1v) is 8.57. The number of hydrogen-bond acceptors (Lipinski definition) is 3. The van der Waals surface area contributed by atoms with E-state index in [1.54, 1.807) is 0 Å². The van der Waals surface area contributed by atoms with E-state index in [0.717, 1.165) is 11.8 Å². The summed E-state index contributed by atoms with van der Waals surface area (Å²) in [5.41, 5.74) is 0. The largest absolute Gasteiger partial charge is 0.316 e. The highest BCUT2D eigenvalue weighted by Gasteiger charge is 2.18. The van der Waals surface area contributed by atoms with E-state index in [-0.39, 0.29) is 0 Å². The van der Waals surface area contributed by atoms with Gasteiger partial charge in [-0.15, -0.1) is 11.3 Å². The molecule has 1 saturated heterocycles. The fourth-order valence-corrected chi connectivity index (χ4v) is 3.41. The molecule has 1 aromatic rings. The first-order valence-electron chi connectivity index (χ1n) is 7.69. The Morgan fingerprint density at radius 2 is 2.16 bits per heavy atom. The standard InChI is InChI=1S/C16H28N2S/c1-14(2)12-17-13-15-5-8-18(9-6-15)10-7-16-4-3-11-19-16/h3-4,11,14-15,17H,5-10,12-13H2,1-2H3. The van der Waals surface area contributed by atoms with Crippen molar-refractivity contribution in [3.05, 3.63) is 22.4 Å². The molecule has 0 amide bonds. The van der Waals surface area contributed by atoms with Crippen molar-refractivity contribution in [3.8, 4) is 0 Å². The van der Waals surface area contributed by atoms with Gasteiger partial charge in [0, 0.05) is 11.4 Å². The summed E-state index contributed by atoms with van der Waals surface area (Å²) >= 11 is 1.89. The number of thiophene rings is 1. The molecule has 0 aliphatic carbocycles. The third-order valence-electron chi connectivity index (χ3n) is 3.95. The van der Waals surface area contributed by atoms with Gasteiger partial charge in [0.25, 0.3) is 0 Å². The fourth-order valence-electron chi connectivity index (χ4n) is 2.71. The molecule has 0 radical (unpaired) electrons. The molecule has 108 valence electrons. The summed E-state index contributed by atoms with van der Waals surface area (Å²) in [6.07, 6.45) is 3.97. The van der Waals surface area contributed by atoms with Crippen molar-refractivity contribution in [2.45, 2.75) is 33.1 Å². The number of piperidine rings is 1. The molecule has 2 rings (SSSR count). The van der Waals surface area contributed by atoms with Crippen LogP contribution in [0.25, 0.3) is 0 Å². The van der Waals surface area contributed by atoms with Gasteiger partial charge in [-0.3, -0.25) is 0 Å². The maximum atomic E-state index is 3.61. The minimum atomic E-state index is 0.769. The molecular formula is C16H28N2S. The highest BCUT2D eigenvalue weighted by Crippen LogP contribution is 2.17. The molecule has 1 aromatic heterocycles. The second-order valence-corrected chi connectivity index (χ2v) is 7.20. The molecule has 0 aromatic carbocycles. The Hall–Kier alpha value is -0.380. The van der Waals surface area contributed by atoms with Crippen LogP contribution in [0.4, 0.5) is 0 Å². The number of likely N-dealkylation sites (tertiary alicyclic amines) is 1. The van der Waals surface area contributed by atoms with E-state index in [2.05, 4.69) is 41.6 Å². The Labute approximate surface area is 122 Å². The first-order chi connectivity index (χ1) is 9.24. The molecule has 0 saturated carbocycles. The minimum Gasteiger partial charge on any atom is -0.316 e. The lowest BCUT2D eigenvalue weighted by Gasteiger charge is -2.32. The molecule has 1 N–H and O–H groups in total. The van der Waals surface area contributed by atoms with Gasteiger partial charge in [-0.2, -0.15) is 0 Å². The summed E-state index contributed by atoms with van der Waals surface area (Å²) in [6.45, 7) is 10.8. The smallest absolute Gasteiger partial charge is 0.00579 e. The molecule has 1 aliphatic rings. The van der Waals surface area contributed by atoms with E-state index in [1.807, 2.05) is 11.3 Å². The minimum absolute atomic E-state index is 0.769. The Kier molecular flexibility index (Phi) is 6.35. The third kappa shape index (κ3) is 5.64. The van der Waals surface area contributed by atoms with Crippen LogP contribution in [0, 0.1) is 11.8 Å². The number of rotatable bonds is 7. The zero-order valence-corrected chi connectivity index (χ0v) is 13.2. The Balaban J connectivity index is 1.57. The number of nitrogens with one attached hydrogen (secondary N) is 1. The van der Waals surface area contributed by atoms with Crippen LogP contribution < -0.4 is 5.32 Å².